The molecule has 0 bridgehead atoms. The van der Waals surface area contributed by atoms with Gasteiger partial charge < -0.3 is 4.79 Å². The van der Waals surface area contributed by atoms with Crippen LogP contribution < -0.4 is 0 Å². The molecule has 0 amide bonds. The van der Waals surface area contributed by atoms with Crippen molar-refractivity contribution in [3.05, 3.63) is 145 Å². The van der Waals surface area contributed by atoms with Gasteiger partial charge in [0, 0.05) is 0 Å². The van der Waals surface area contributed by atoms with Gasteiger partial charge in [0.05, 0.1) is 0 Å². The first-order valence-electron chi connectivity index (χ1n) is 12.3. The number of aldehydes is 1. The number of hydrogen-bond acceptors (Lipinski definition) is 1. The molecule has 0 fully saturated rings. The molecule has 198 valence electrons. The van der Waals surface area contributed by atoms with Crippen LogP contribution >= 0.6 is 0 Å². The summed E-state index contributed by atoms with van der Waals surface area (Å²) < 4.78 is 42.4. The lowest BCUT2D eigenvalue weighted by atomic mass is 9.85. The number of halogens is 4. The van der Waals surface area contributed by atoms with Crippen molar-refractivity contribution >= 4 is 38.6 Å². The number of benzene rings is 6. The highest BCUT2D eigenvalue weighted by molar-refractivity contribution is 5.90. The molecular formula is C34H28F4O. The Hall–Kier alpha value is -4.51. The van der Waals surface area contributed by atoms with Crippen LogP contribution in [-0.4, -0.2) is 12.5 Å². The van der Waals surface area contributed by atoms with Gasteiger partial charge in [-0.3, -0.25) is 4.70 Å². The number of carbonyl (C=O) groups excluding carboxylic acids is 1. The van der Waals surface area contributed by atoms with E-state index in [0.717, 1.165) is 17.1 Å². The Labute approximate surface area is 224 Å². The van der Waals surface area contributed by atoms with Crippen LogP contribution in [-0.2, 0) is 4.79 Å². The third-order valence-corrected chi connectivity index (χ3v) is 6.25. The highest BCUT2D eigenvalue weighted by Gasteiger charge is 2.43. The smallest absolute Gasteiger partial charge is 0.304 e. The summed E-state index contributed by atoms with van der Waals surface area (Å²) in [4.78, 5) is 8.81. The molecule has 0 aliphatic rings. The molecule has 0 atom stereocenters. The Bertz CT molecular complexity index is 1500. The van der Waals surface area contributed by atoms with E-state index in [1.54, 1.807) is 48.5 Å². The van der Waals surface area contributed by atoms with E-state index in [1.165, 1.54) is 17.7 Å². The zero-order valence-electron chi connectivity index (χ0n) is 21.3. The lowest BCUT2D eigenvalue weighted by Gasteiger charge is -2.24. The number of fused-ring (bicyclic) bond motifs is 3. The Morgan fingerprint density at radius 1 is 0.513 bits per heavy atom. The van der Waals surface area contributed by atoms with Crippen molar-refractivity contribution in [2.24, 2.45) is 0 Å². The van der Waals surface area contributed by atoms with Gasteiger partial charge in [-0.05, 0) is 50.4 Å². The average Bonchev–Trinajstić information content (AvgIpc) is 2.94. The van der Waals surface area contributed by atoms with Gasteiger partial charge in [0.15, 0.2) is 0 Å². The van der Waals surface area contributed by atoms with Crippen molar-refractivity contribution < 1.29 is 22.7 Å². The fourth-order valence-corrected chi connectivity index (χ4v) is 4.66. The maximum atomic E-state index is 14.1. The standard InChI is InChI=1S/C22H15F3.C10H8.C2H4O.FH/c23-22(24,25)21(19-13-5-9-15-7-1-3-11-17(15)19)20-14-6-10-16-8-2-4-12-18(16)20;1-2-6-10-8-4-3-7-9(10)5-1;1-2-3;/h1-14,21H;1-8H;2H,1H3;1H. The van der Waals surface area contributed by atoms with E-state index in [-0.39, 0.29) is 4.70 Å². The molecule has 6 rings (SSSR count). The first-order valence-corrected chi connectivity index (χ1v) is 12.3. The monoisotopic (exact) mass is 528 g/mol. The molecule has 0 saturated carbocycles. The topological polar surface area (TPSA) is 17.1 Å². The lowest BCUT2D eigenvalue weighted by molar-refractivity contribution is -0.140. The van der Waals surface area contributed by atoms with Crippen LogP contribution in [0.25, 0.3) is 32.3 Å². The molecule has 0 saturated heterocycles. The summed E-state index contributed by atoms with van der Waals surface area (Å²) in [7, 11) is 0. The second kappa shape index (κ2) is 13.3. The van der Waals surface area contributed by atoms with E-state index in [2.05, 4.69) is 48.5 Å². The van der Waals surface area contributed by atoms with E-state index in [4.69, 9.17) is 4.79 Å². The average molecular weight is 529 g/mol. The van der Waals surface area contributed by atoms with E-state index < -0.39 is 12.1 Å². The quantitative estimate of drug-likeness (QED) is 0.161. The minimum Gasteiger partial charge on any atom is -0.304 e. The summed E-state index contributed by atoms with van der Waals surface area (Å²) in [5.41, 5.74) is 0.587. The molecule has 39 heavy (non-hydrogen) atoms. The maximum absolute atomic E-state index is 14.1. The third-order valence-electron chi connectivity index (χ3n) is 6.25. The van der Waals surface area contributed by atoms with Crippen molar-refractivity contribution in [2.75, 3.05) is 0 Å². The molecule has 0 aliphatic heterocycles. The van der Waals surface area contributed by atoms with E-state index in [0.29, 0.717) is 21.9 Å². The molecule has 6 aromatic carbocycles. The van der Waals surface area contributed by atoms with Gasteiger partial charge in [0.25, 0.3) is 0 Å². The van der Waals surface area contributed by atoms with E-state index in [1.807, 2.05) is 36.4 Å². The minimum absolute atomic E-state index is 0. The maximum Gasteiger partial charge on any atom is 0.399 e. The molecule has 1 nitrogen and oxygen atoms in total. The Morgan fingerprint density at radius 3 is 1.13 bits per heavy atom. The summed E-state index contributed by atoms with van der Waals surface area (Å²) in [5, 5.41) is 5.53. The zero-order valence-corrected chi connectivity index (χ0v) is 21.3. The fraction of sp³-hybridized carbons (Fsp3) is 0.0882. The molecule has 5 heteroatoms. The first kappa shape index (κ1) is 29.1. The summed E-state index contributed by atoms with van der Waals surface area (Å²) in [6.07, 6.45) is -3.63. The second-order valence-electron chi connectivity index (χ2n) is 8.69. The van der Waals surface area contributed by atoms with E-state index >= 15 is 0 Å². The van der Waals surface area contributed by atoms with Crippen molar-refractivity contribution in [1.29, 1.82) is 0 Å². The van der Waals surface area contributed by atoms with Crippen LogP contribution in [0.2, 0.25) is 0 Å². The summed E-state index contributed by atoms with van der Waals surface area (Å²) >= 11 is 0. The number of alkyl halides is 3. The molecule has 0 aliphatic carbocycles. The minimum atomic E-state index is -4.38. The molecular weight excluding hydrogens is 500 g/mol. The predicted molar refractivity (Wildman–Crippen MR) is 154 cm³/mol. The number of carbonyl (C=O) groups is 1. The Kier molecular flexibility index (Phi) is 9.93. The molecule has 0 radical (unpaired) electrons. The van der Waals surface area contributed by atoms with Crippen molar-refractivity contribution in [1.82, 2.24) is 0 Å². The van der Waals surface area contributed by atoms with Gasteiger partial charge in [0.1, 0.15) is 12.2 Å². The van der Waals surface area contributed by atoms with Crippen LogP contribution in [0.4, 0.5) is 17.9 Å². The van der Waals surface area contributed by atoms with Crippen LogP contribution in [0.5, 0.6) is 0 Å². The normalized spacial score (nSPS) is 10.7. The van der Waals surface area contributed by atoms with Crippen LogP contribution in [0, 0.1) is 0 Å². The SMILES string of the molecule is CC=O.F.FC(F)(F)C(c1cccc2ccccc12)c1cccc2ccccc12.c1ccc2ccccc2c1. The largest absolute Gasteiger partial charge is 0.399 e. The highest BCUT2D eigenvalue weighted by Crippen LogP contribution is 2.44. The van der Waals surface area contributed by atoms with Crippen molar-refractivity contribution in [3.8, 4) is 0 Å². The molecule has 0 heterocycles. The molecule has 0 unspecified atom stereocenters. The van der Waals surface area contributed by atoms with Gasteiger partial charge in [-0.2, -0.15) is 13.2 Å². The van der Waals surface area contributed by atoms with Gasteiger partial charge in [-0.1, -0.05) is 133 Å². The summed E-state index contributed by atoms with van der Waals surface area (Å²) in [6.45, 7) is 1.44. The van der Waals surface area contributed by atoms with E-state index in [9.17, 15) is 13.2 Å². The molecule has 0 spiro atoms. The zero-order chi connectivity index (χ0) is 27.0. The Morgan fingerprint density at radius 2 is 0.795 bits per heavy atom. The summed E-state index contributed by atoms with van der Waals surface area (Å²) in [6, 6.07) is 41.4. The first-order chi connectivity index (χ1) is 18.4. The van der Waals surface area contributed by atoms with Crippen molar-refractivity contribution in [2.45, 2.75) is 19.0 Å². The predicted octanol–water partition coefficient (Wildman–Crippen LogP) is 9.88. The van der Waals surface area contributed by atoms with Gasteiger partial charge in [-0.15, -0.1) is 0 Å². The fourth-order valence-electron chi connectivity index (χ4n) is 4.66. The lowest BCUT2D eigenvalue weighted by Crippen LogP contribution is -2.22. The molecule has 0 N–H and O–H groups in total. The summed E-state index contributed by atoms with van der Waals surface area (Å²) in [5.74, 6) is -1.66. The molecule has 0 aromatic heterocycles. The molecule has 6 aromatic rings. The number of hydrogen-bond donors (Lipinski definition) is 0. The van der Waals surface area contributed by atoms with Crippen molar-refractivity contribution in [3.63, 3.8) is 0 Å². The Balaban J connectivity index is 0.000000250. The third kappa shape index (κ3) is 6.88. The van der Waals surface area contributed by atoms with Crippen LogP contribution in [0.3, 0.4) is 0 Å². The highest BCUT2D eigenvalue weighted by atomic mass is 19.4. The van der Waals surface area contributed by atoms with Crippen LogP contribution in [0.15, 0.2) is 133 Å². The van der Waals surface area contributed by atoms with Gasteiger partial charge in [0.2, 0.25) is 0 Å². The van der Waals surface area contributed by atoms with Crippen LogP contribution in [0.1, 0.15) is 24.0 Å². The van der Waals surface area contributed by atoms with Gasteiger partial charge >= 0.3 is 6.18 Å². The van der Waals surface area contributed by atoms with Gasteiger partial charge in [-0.25, -0.2) is 0 Å². The number of rotatable bonds is 2. The second-order valence-corrected chi connectivity index (χ2v) is 8.69.